The number of hydrogen-bond donors (Lipinski definition) is 0. The topological polar surface area (TPSA) is 0 Å². The summed E-state index contributed by atoms with van der Waals surface area (Å²) in [7, 11) is 0. The Morgan fingerprint density at radius 1 is 1.00 bits per heavy atom. The Morgan fingerprint density at radius 2 is 1.73 bits per heavy atom. The van der Waals surface area contributed by atoms with Crippen LogP contribution < -0.4 is 0 Å². The van der Waals surface area contributed by atoms with Gasteiger partial charge in [0.25, 0.3) is 0 Å². The van der Waals surface area contributed by atoms with Crippen molar-refractivity contribution >= 4 is 0 Å². The van der Waals surface area contributed by atoms with Crippen LogP contribution in [0.15, 0.2) is 18.2 Å². The smallest absolute Gasteiger partial charge is 0.0273 e. The van der Waals surface area contributed by atoms with Gasteiger partial charge in [-0.05, 0) is 67.1 Å². The molecule has 0 saturated carbocycles. The molecule has 0 radical (unpaired) electrons. The van der Waals surface area contributed by atoms with Crippen LogP contribution >= 0.6 is 0 Å². The lowest BCUT2D eigenvalue weighted by Crippen LogP contribution is -2.01. The van der Waals surface area contributed by atoms with E-state index in [0.29, 0.717) is 0 Å². The first-order valence-corrected chi connectivity index (χ1v) is 9.37. The van der Waals surface area contributed by atoms with E-state index in [0.717, 1.165) is 11.8 Å². The fourth-order valence-corrected chi connectivity index (χ4v) is 3.91. The Morgan fingerprint density at radius 3 is 2.36 bits per heavy atom. The third-order valence-corrected chi connectivity index (χ3v) is 5.61. The fraction of sp³-hybridized carbons (Fsp3) is 0.727. The van der Waals surface area contributed by atoms with Crippen LogP contribution in [0.1, 0.15) is 89.8 Å². The van der Waals surface area contributed by atoms with E-state index < -0.39 is 0 Å². The molecule has 0 spiro atoms. The number of hydrogen-bond acceptors (Lipinski definition) is 0. The van der Waals surface area contributed by atoms with Gasteiger partial charge in [0.15, 0.2) is 0 Å². The largest absolute Gasteiger partial charge is 0.0776 e. The first-order chi connectivity index (χ1) is 10.3. The van der Waals surface area contributed by atoms with Gasteiger partial charge in [0, 0.05) is 0 Å². The van der Waals surface area contributed by atoms with E-state index in [1.54, 1.807) is 16.7 Å². The van der Waals surface area contributed by atoms with Gasteiger partial charge in [-0.3, -0.25) is 0 Å². The zero-order valence-electron chi connectivity index (χ0n) is 14.5. The van der Waals surface area contributed by atoms with Crippen LogP contribution in [0.5, 0.6) is 0 Å². The number of aryl methyl sites for hydroxylation is 3. The summed E-state index contributed by atoms with van der Waals surface area (Å²) < 4.78 is 0. The molecule has 0 heterocycles. The zero-order valence-corrected chi connectivity index (χ0v) is 14.5. The molecule has 0 fully saturated rings. The highest BCUT2D eigenvalue weighted by Gasteiger charge is 2.15. The average molecular weight is 303 g/mol. The van der Waals surface area contributed by atoms with Crippen LogP contribution in [-0.4, -0.2) is 0 Å². The molecule has 0 bridgehead atoms. The molecule has 0 saturated heterocycles. The minimum Gasteiger partial charge on any atom is -0.0776 e. The Bertz CT molecular complexity index is 418. The molecule has 1 aromatic carbocycles. The second-order valence-corrected chi connectivity index (χ2v) is 7.06. The molecule has 0 aromatic heterocycles. The fourth-order valence-electron chi connectivity index (χ4n) is 3.91. The molecule has 0 aliphatic heterocycles. The Labute approximate surface area is 139 Å². The highest BCUT2D eigenvalue weighted by Crippen LogP contribution is 2.28. The summed E-state index contributed by atoms with van der Waals surface area (Å²) >= 11 is 0. The van der Waals surface area contributed by atoms with E-state index in [-0.39, 0.29) is 7.43 Å². The van der Waals surface area contributed by atoms with Crippen LogP contribution in [0.4, 0.5) is 0 Å². The monoisotopic (exact) mass is 302 g/mol. The lowest BCUT2D eigenvalue weighted by Gasteiger charge is -2.14. The van der Waals surface area contributed by atoms with Crippen molar-refractivity contribution in [1.82, 2.24) is 0 Å². The maximum atomic E-state index is 2.53. The average Bonchev–Trinajstić information content (AvgIpc) is 2.73. The maximum Gasteiger partial charge on any atom is -0.0273 e. The van der Waals surface area contributed by atoms with Gasteiger partial charge >= 0.3 is 0 Å². The van der Waals surface area contributed by atoms with Gasteiger partial charge in [-0.2, -0.15) is 0 Å². The lowest BCUT2D eigenvalue weighted by atomic mass is 9.91. The molecule has 2 atom stereocenters. The summed E-state index contributed by atoms with van der Waals surface area (Å²) in [6.07, 6.45) is 13.5. The highest BCUT2D eigenvalue weighted by molar-refractivity contribution is 5.33. The Kier molecular flexibility index (Phi) is 8.83. The maximum absolute atomic E-state index is 2.53. The van der Waals surface area contributed by atoms with Gasteiger partial charge in [-0.25, -0.2) is 0 Å². The van der Waals surface area contributed by atoms with E-state index in [4.69, 9.17) is 0 Å². The Hall–Kier alpha value is -0.780. The van der Waals surface area contributed by atoms with Crippen molar-refractivity contribution in [1.29, 1.82) is 0 Å². The van der Waals surface area contributed by atoms with Gasteiger partial charge in [0.1, 0.15) is 0 Å². The molecule has 2 rings (SSSR count). The van der Waals surface area contributed by atoms with Crippen molar-refractivity contribution in [2.45, 2.75) is 92.4 Å². The molecule has 1 aliphatic rings. The van der Waals surface area contributed by atoms with Crippen molar-refractivity contribution in [2.24, 2.45) is 11.8 Å². The molecule has 0 N–H and O–H groups in total. The summed E-state index contributed by atoms with van der Waals surface area (Å²) in [5, 5.41) is 0. The van der Waals surface area contributed by atoms with E-state index in [9.17, 15) is 0 Å². The molecular weight excluding hydrogens is 264 g/mol. The molecule has 0 heteroatoms. The van der Waals surface area contributed by atoms with E-state index in [1.165, 1.54) is 64.2 Å². The van der Waals surface area contributed by atoms with Crippen LogP contribution in [0.25, 0.3) is 0 Å². The predicted octanol–water partition coefficient (Wildman–Crippen LogP) is 6.99. The second kappa shape index (κ2) is 10.1. The van der Waals surface area contributed by atoms with Gasteiger partial charge in [0.2, 0.25) is 0 Å². The summed E-state index contributed by atoms with van der Waals surface area (Å²) in [5.74, 6) is 1.88. The van der Waals surface area contributed by atoms with Gasteiger partial charge < -0.3 is 0 Å². The molecule has 0 nitrogen and oxygen atoms in total. The molecule has 2 unspecified atom stereocenters. The standard InChI is InChI=1S/C21H34.CH4/c1-4-7-17(5-2)8-9-19-12-14-20-13-10-18(6-3)11-15-21(20)16-19;/h12,14,16-18H,4-11,13,15H2,1-3H3;1H4. The van der Waals surface area contributed by atoms with Crippen LogP contribution in [0, 0.1) is 11.8 Å². The Balaban J connectivity index is 0.00000242. The summed E-state index contributed by atoms with van der Waals surface area (Å²) in [4.78, 5) is 0. The zero-order chi connectivity index (χ0) is 15.1. The molecular formula is C22H38. The SMILES string of the molecule is C.CCCC(CC)CCc1ccc2c(c1)CCC(CC)CC2. The van der Waals surface area contributed by atoms with Crippen molar-refractivity contribution in [2.75, 3.05) is 0 Å². The summed E-state index contributed by atoms with van der Waals surface area (Å²) in [5.41, 5.74) is 4.88. The molecule has 1 aliphatic carbocycles. The molecule has 0 amide bonds. The minimum atomic E-state index is 0. The first-order valence-electron chi connectivity index (χ1n) is 9.37. The molecule has 22 heavy (non-hydrogen) atoms. The summed E-state index contributed by atoms with van der Waals surface area (Å²) in [6.45, 7) is 7.02. The molecule has 1 aromatic rings. The lowest BCUT2D eigenvalue weighted by molar-refractivity contribution is 0.432. The normalized spacial score (nSPS) is 19.0. The number of rotatable bonds is 7. The van der Waals surface area contributed by atoms with Crippen molar-refractivity contribution in [3.63, 3.8) is 0 Å². The minimum absolute atomic E-state index is 0. The first kappa shape index (κ1) is 19.3. The quantitative estimate of drug-likeness (QED) is 0.476. The van der Waals surface area contributed by atoms with Crippen LogP contribution in [0.2, 0.25) is 0 Å². The van der Waals surface area contributed by atoms with Gasteiger partial charge in [-0.15, -0.1) is 0 Å². The third-order valence-electron chi connectivity index (χ3n) is 5.61. The number of fused-ring (bicyclic) bond motifs is 1. The second-order valence-electron chi connectivity index (χ2n) is 7.06. The van der Waals surface area contributed by atoms with E-state index in [2.05, 4.69) is 39.0 Å². The van der Waals surface area contributed by atoms with Crippen molar-refractivity contribution < 1.29 is 0 Å². The predicted molar refractivity (Wildman–Crippen MR) is 101 cm³/mol. The van der Waals surface area contributed by atoms with Crippen LogP contribution in [-0.2, 0) is 19.3 Å². The van der Waals surface area contributed by atoms with Gasteiger partial charge in [-0.1, -0.05) is 72.1 Å². The van der Waals surface area contributed by atoms with E-state index in [1.807, 2.05) is 0 Å². The van der Waals surface area contributed by atoms with Crippen molar-refractivity contribution in [3.8, 4) is 0 Å². The van der Waals surface area contributed by atoms with Gasteiger partial charge in [0.05, 0.1) is 0 Å². The highest BCUT2D eigenvalue weighted by atomic mass is 14.2. The summed E-state index contributed by atoms with van der Waals surface area (Å²) in [6, 6.07) is 7.37. The number of benzene rings is 1. The molecule has 126 valence electrons. The van der Waals surface area contributed by atoms with Crippen LogP contribution in [0.3, 0.4) is 0 Å². The van der Waals surface area contributed by atoms with E-state index >= 15 is 0 Å². The van der Waals surface area contributed by atoms with Crippen molar-refractivity contribution in [3.05, 3.63) is 34.9 Å². The third kappa shape index (κ3) is 5.45.